The molecule has 0 radical (unpaired) electrons. The molecule has 1 aromatic carbocycles. The number of rotatable bonds is 5. The Kier molecular flexibility index (Phi) is 7.37. The van der Waals surface area contributed by atoms with E-state index in [2.05, 4.69) is 48.5 Å². The molecular formula is C26H31BrN6O3S. The Morgan fingerprint density at radius 2 is 1.92 bits per heavy atom. The predicted molar refractivity (Wildman–Crippen MR) is 147 cm³/mol. The van der Waals surface area contributed by atoms with Gasteiger partial charge in [-0.15, -0.1) is 11.3 Å². The van der Waals surface area contributed by atoms with Crippen molar-refractivity contribution in [3.05, 3.63) is 50.0 Å². The molecule has 1 saturated carbocycles. The van der Waals surface area contributed by atoms with Crippen LogP contribution in [0.2, 0.25) is 0 Å². The molecule has 37 heavy (non-hydrogen) atoms. The van der Waals surface area contributed by atoms with Gasteiger partial charge in [0.25, 0.3) is 11.8 Å². The summed E-state index contributed by atoms with van der Waals surface area (Å²) in [6, 6.07) is 6.92. The van der Waals surface area contributed by atoms with Gasteiger partial charge in [-0.2, -0.15) is 0 Å². The number of nitrogens with zero attached hydrogens (tertiary/aromatic N) is 3. The Morgan fingerprint density at radius 1 is 1.14 bits per heavy atom. The third kappa shape index (κ3) is 5.58. The maximum atomic E-state index is 13.3. The molecule has 0 saturated heterocycles. The van der Waals surface area contributed by atoms with Crippen LogP contribution in [0.25, 0.3) is 10.9 Å². The lowest BCUT2D eigenvalue weighted by atomic mass is 9.81. The lowest BCUT2D eigenvalue weighted by molar-refractivity contribution is -0.134. The Labute approximate surface area is 228 Å². The van der Waals surface area contributed by atoms with E-state index in [1.807, 2.05) is 24.3 Å². The van der Waals surface area contributed by atoms with Crippen molar-refractivity contribution in [2.24, 2.45) is 5.92 Å². The van der Waals surface area contributed by atoms with Crippen molar-refractivity contribution in [1.82, 2.24) is 30.4 Å². The molecule has 1 aliphatic carbocycles. The highest BCUT2D eigenvalue weighted by Crippen LogP contribution is 2.29. The van der Waals surface area contributed by atoms with Crippen molar-refractivity contribution < 1.29 is 14.4 Å². The second kappa shape index (κ2) is 10.5. The number of benzene rings is 1. The molecule has 3 atom stereocenters. The van der Waals surface area contributed by atoms with Gasteiger partial charge >= 0.3 is 0 Å². The first-order chi connectivity index (χ1) is 17.7. The minimum Gasteiger partial charge on any atom is -0.351 e. The summed E-state index contributed by atoms with van der Waals surface area (Å²) in [5, 5.41) is 7.60. The zero-order chi connectivity index (χ0) is 26.3. The fourth-order valence-corrected chi connectivity index (χ4v) is 6.68. The normalized spacial score (nSPS) is 21.9. The number of hydrogen-bond acceptors (Lipinski definition) is 6. The first-order valence-corrected chi connectivity index (χ1v) is 14.1. The van der Waals surface area contributed by atoms with Gasteiger partial charge in [0.2, 0.25) is 5.91 Å². The highest BCUT2D eigenvalue weighted by Gasteiger charge is 2.37. The van der Waals surface area contributed by atoms with Crippen LogP contribution >= 0.6 is 27.3 Å². The quantitative estimate of drug-likeness (QED) is 0.425. The van der Waals surface area contributed by atoms with Gasteiger partial charge in [-0.05, 0) is 50.6 Å². The number of hydrogen-bond donors (Lipinski definition) is 3. The van der Waals surface area contributed by atoms with Gasteiger partial charge in [-0.1, -0.05) is 15.9 Å². The van der Waals surface area contributed by atoms with E-state index in [-0.39, 0.29) is 35.7 Å². The molecule has 5 rings (SSSR count). The molecule has 2 aromatic heterocycles. The Balaban J connectivity index is 1.34. The second-order valence-corrected chi connectivity index (χ2v) is 12.2. The summed E-state index contributed by atoms with van der Waals surface area (Å²) in [6.45, 7) is 1.72. The van der Waals surface area contributed by atoms with Crippen molar-refractivity contribution in [3.63, 3.8) is 0 Å². The topological polar surface area (TPSA) is 110 Å². The minimum atomic E-state index is -0.388. The number of fused-ring (bicyclic) bond motifs is 2. The van der Waals surface area contributed by atoms with Crippen LogP contribution in [0, 0.1) is 5.92 Å². The zero-order valence-corrected chi connectivity index (χ0v) is 23.5. The van der Waals surface area contributed by atoms with Gasteiger partial charge < -0.3 is 25.4 Å². The number of aromatic amines is 1. The molecule has 11 heteroatoms. The smallest absolute Gasteiger partial charge is 0.280 e. The van der Waals surface area contributed by atoms with Gasteiger partial charge in [-0.25, -0.2) is 4.98 Å². The molecule has 9 nitrogen and oxygen atoms in total. The number of carbonyl (C=O) groups excluding carboxylic acids is 3. The summed E-state index contributed by atoms with van der Waals surface area (Å²) >= 11 is 4.89. The van der Waals surface area contributed by atoms with Gasteiger partial charge in [0.1, 0.15) is 5.69 Å². The standard InChI is InChI=1S/C26H31BrN6O3S/c1-32(2)26(36)14-4-6-18(29-23(34)21-12-15-10-16(27)5-7-17(15)28-21)20(11-14)30-24(35)25-31-19-8-9-33(3)13-22(19)37-25/h5,7,10,12,14,18,20,28H,4,6,8-9,11,13H2,1-3H3,(H,29,34)(H,30,35)/t14-,18-,20+/m0/s1. The number of amides is 3. The fourth-order valence-electron chi connectivity index (χ4n) is 5.21. The van der Waals surface area contributed by atoms with Crippen molar-refractivity contribution in [1.29, 1.82) is 0 Å². The van der Waals surface area contributed by atoms with Crippen LogP contribution in [0.3, 0.4) is 0 Å². The number of likely N-dealkylation sites (N-methyl/N-ethyl adjacent to an activating group) is 1. The molecule has 3 heterocycles. The lowest BCUT2D eigenvalue weighted by Crippen LogP contribution is -2.56. The zero-order valence-electron chi connectivity index (χ0n) is 21.1. The van der Waals surface area contributed by atoms with Crippen LogP contribution in [0.4, 0.5) is 0 Å². The third-order valence-corrected chi connectivity index (χ3v) is 8.79. The van der Waals surface area contributed by atoms with E-state index in [1.165, 1.54) is 11.3 Å². The maximum absolute atomic E-state index is 13.3. The molecule has 2 aliphatic rings. The number of halogens is 1. The molecule has 3 N–H and O–H groups in total. The molecule has 0 spiro atoms. The largest absolute Gasteiger partial charge is 0.351 e. The summed E-state index contributed by atoms with van der Waals surface area (Å²) in [5.74, 6) is -0.656. The molecule has 1 fully saturated rings. The number of thiazole rings is 1. The van der Waals surface area contributed by atoms with E-state index >= 15 is 0 Å². The van der Waals surface area contributed by atoms with Crippen molar-refractivity contribution in [2.45, 2.75) is 44.3 Å². The van der Waals surface area contributed by atoms with Crippen molar-refractivity contribution in [2.75, 3.05) is 27.7 Å². The predicted octanol–water partition coefficient (Wildman–Crippen LogP) is 3.16. The van der Waals surface area contributed by atoms with Crippen LogP contribution in [0.15, 0.2) is 28.7 Å². The van der Waals surface area contributed by atoms with Gasteiger partial charge in [-0.3, -0.25) is 14.4 Å². The molecule has 0 bridgehead atoms. The Hall–Kier alpha value is -2.76. The number of H-pyrrole nitrogens is 1. The summed E-state index contributed by atoms with van der Waals surface area (Å²) < 4.78 is 0.938. The van der Waals surface area contributed by atoms with E-state index < -0.39 is 0 Å². The monoisotopic (exact) mass is 586 g/mol. The molecule has 1 aliphatic heterocycles. The highest BCUT2D eigenvalue weighted by atomic mass is 79.9. The fraction of sp³-hybridized carbons (Fsp3) is 0.462. The van der Waals surface area contributed by atoms with Crippen LogP contribution in [-0.2, 0) is 17.8 Å². The number of carbonyl (C=O) groups is 3. The molecule has 0 unspecified atom stereocenters. The summed E-state index contributed by atoms with van der Waals surface area (Å²) in [6.07, 6.45) is 2.52. The summed E-state index contributed by atoms with van der Waals surface area (Å²) in [4.78, 5) is 51.9. The van der Waals surface area contributed by atoms with Crippen molar-refractivity contribution >= 4 is 55.9 Å². The summed E-state index contributed by atoms with van der Waals surface area (Å²) in [7, 11) is 5.55. The first-order valence-electron chi connectivity index (χ1n) is 12.5. The SMILES string of the molecule is CN1CCc2nc(C(=O)N[C@@H]3C[C@@H](C(=O)N(C)C)CC[C@@H]3NC(=O)c3cc4cc(Br)ccc4[nH]3)sc2C1. The molecule has 196 valence electrons. The average Bonchev–Trinajstić information content (AvgIpc) is 3.48. The summed E-state index contributed by atoms with van der Waals surface area (Å²) in [5.41, 5.74) is 2.33. The molecule has 3 amide bonds. The van der Waals surface area contributed by atoms with Crippen LogP contribution < -0.4 is 10.6 Å². The van der Waals surface area contributed by atoms with Gasteiger partial charge in [0.05, 0.1) is 11.7 Å². The lowest BCUT2D eigenvalue weighted by Gasteiger charge is -2.37. The van der Waals surface area contributed by atoms with Gasteiger partial charge in [0, 0.05) is 65.8 Å². The second-order valence-electron chi connectivity index (χ2n) is 10.2. The third-order valence-electron chi connectivity index (χ3n) is 7.22. The highest BCUT2D eigenvalue weighted by molar-refractivity contribution is 9.10. The minimum absolute atomic E-state index is 0.0398. The van der Waals surface area contributed by atoms with E-state index in [0.717, 1.165) is 45.5 Å². The maximum Gasteiger partial charge on any atom is 0.280 e. The Bertz CT molecular complexity index is 1350. The molecule has 3 aromatic rings. The number of aromatic nitrogens is 2. The van der Waals surface area contributed by atoms with Crippen LogP contribution in [-0.4, -0.2) is 77.3 Å². The first kappa shape index (κ1) is 25.9. The average molecular weight is 588 g/mol. The number of nitrogens with one attached hydrogen (secondary N) is 3. The van der Waals surface area contributed by atoms with Crippen LogP contribution in [0.1, 0.15) is 50.1 Å². The van der Waals surface area contributed by atoms with Gasteiger partial charge in [0.15, 0.2) is 5.01 Å². The van der Waals surface area contributed by atoms with Crippen molar-refractivity contribution in [3.8, 4) is 0 Å². The molecular weight excluding hydrogens is 556 g/mol. The Morgan fingerprint density at radius 3 is 2.70 bits per heavy atom. The van der Waals surface area contributed by atoms with E-state index in [1.54, 1.807) is 19.0 Å². The van der Waals surface area contributed by atoms with E-state index in [9.17, 15) is 14.4 Å². The van der Waals surface area contributed by atoms with E-state index in [0.29, 0.717) is 30.0 Å². The van der Waals surface area contributed by atoms with E-state index in [4.69, 9.17) is 0 Å². The van der Waals surface area contributed by atoms with Crippen LogP contribution in [0.5, 0.6) is 0 Å².